The number of H-pyrrole nitrogens is 1. The Labute approximate surface area is 201 Å². The standard InChI is InChI=1S/C24H16ClF3N4O3/c1-12-2-5-15(31-21(33)14-3-6-18(25)17(9-14)24(26,27)28)10-20(12)32-22(34)13-4-7-19-16(8-13)23(35)30-11-29-19/h2-11H,1H3,(H,31,33)(H,32,34)(H,29,30,35). The predicted molar refractivity (Wildman–Crippen MR) is 126 cm³/mol. The van der Waals surface area contributed by atoms with Gasteiger partial charge >= 0.3 is 6.18 Å². The number of nitrogens with zero attached hydrogens (tertiary/aromatic N) is 1. The Morgan fingerprint density at radius 1 is 0.943 bits per heavy atom. The molecule has 7 nitrogen and oxygen atoms in total. The highest BCUT2D eigenvalue weighted by atomic mass is 35.5. The molecule has 11 heteroatoms. The minimum atomic E-state index is -4.71. The van der Waals surface area contributed by atoms with E-state index in [4.69, 9.17) is 11.6 Å². The molecule has 0 atom stereocenters. The summed E-state index contributed by atoms with van der Waals surface area (Å²) in [5, 5.41) is 4.96. The van der Waals surface area contributed by atoms with Gasteiger partial charge in [0.2, 0.25) is 0 Å². The molecule has 3 N–H and O–H groups in total. The van der Waals surface area contributed by atoms with Crippen LogP contribution in [0.5, 0.6) is 0 Å². The van der Waals surface area contributed by atoms with Crippen LogP contribution in [0.2, 0.25) is 5.02 Å². The predicted octanol–water partition coefficient (Wildman–Crippen LogP) is 5.41. The molecule has 0 fully saturated rings. The van der Waals surface area contributed by atoms with Gasteiger partial charge in [-0.2, -0.15) is 13.2 Å². The van der Waals surface area contributed by atoms with E-state index in [1.54, 1.807) is 25.1 Å². The maximum absolute atomic E-state index is 13.1. The van der Waals surface area contributed by atoms with Gasteiger partial charge < -0.3 is 15.6 Å². The SMILES string of the molecule is Cc1ccc(NC(=O)c2ccc(Cl)c(C(F)(F)F)c2)cc1NC(=O)c1ccc2nc[nH]c(=O)c2c1. The number of rotatable bonds is 4. The smallest absolute Gasteiger partial charge is 0.322 e. The quantitative estimate of drug-likeness (QED) is 0.348. The van der Waals surface area contributed by atoms with Crippen LogP contribution in [0.3, 0.4) is 0 Å². The first-order valence-corrected chi connectivity index (χ1v) is 10.5. The lowest BCUT2D eigenvalue weighted by molar-refractivity contribution is -0.137. The van der Waals surface area contributed by atoms with Gasteiger partial charge in [0.15, 0.2) is 0 Å². The average molecular weight is 501 g/mol. The molecule has 3 aromatic carbocycles. The second kappa shape index (κ2) is 9.22. The summed E-state index contributed by atoms with van der Waals surface area (Å²) >= 11 is 5.61. The zero-order chi connectivity index (χ0) is 25.3. The number of anilines is 2. The average Bonchev–Trinajstić information content (AvgIpc) is 2.80. The third kappa shape index (κ3) is 5.17. The van der Waals surface area contributed by atoms with Crippen molar-refractivity contribution in [3.8, 4) is 0 Å². The molecule has 0 aliphatic rings. The van der Waals surface area contributed by atoms with Crippen LogP contribution in [0.1, 0.15) is 31.8 Å². The number of carbonyl (C=O) groups is 2. The molecule has 1 heterocycles. The Morgan fingerprint density at radius 3 is 2.37 bits per heavy atom. The summed E-state index contributed by atoms with van der Waals surface area (Å²) < 4.78 is 39.3. The maximum atomic E-state index is 13.1. The topological polar surface area (TPSA) is 104 Å². The number of aromatic nitrogens is 2. The lowest BCUT2D eigenvalue weighted by Gasteiger charge is -2.13. The summed E-state index contributed by atoms with van der Waals surface area (Å²) in [6.45, 7) is 1.73. The van der Waals surface area contributed by atoms with Crippen molar-refractivity contribution in [3.63, 3.8) is 0 Å². The van der Waals surface area contributed by atoms with E-state index in [2.05, 4.69) is 20.6 Å². The van der Waals surface area contributed by atoms with E-state index in [0.717, 1.165) is 6.07 Å². The molecule has 1 aromatic heterocycles. The number of aromatic amines is 1. The molecule has 2 amide bonds. The summed E-state index contributed by atoms with van der Waals surface area (Å²) in [7, 11) is 0. The number of hydrogen-bond acceptors (Lipinski definition) is 4. The summed E-state index contributed by atoms with van der Waals surface area (Å²) in [6, 6.07) is 12.0. The van der Waals surface area contributed by atoms with E-state index < -0.39 is 28.6 Å². The van der Waals surface area contributed by atoms with Crippen LogP contribution >= 0.6 is 11.6 Å². The Bertz CT molecular complexity index is 1530. The summed E-state index contributed by atoms with van der Waals surface area (Å²) in [6.07, 6.45) is -3.44. The number of amides is 2. The largest absolute Gasteiger partial charge is 0.417 e. The second-order valence-electron chi connectivity index (χ2n) is 7.59. The van der Waals surface area contributed by atoms with Crippen LogP contribution in [-0.4, -0.2) is 21.8 Å². The number of aryl methyl sites for hydroxylation is 1. The van der Waals surface area contributed by atoms with Crippen molar-refractivity contribution in [2.45, 2.75) is 13.1 Å². The third-order valence-electron chi connectivity index (χ3n) is 5.18. The molecule has 178 valence electrons. The van der Waals surface area contributed by atoms with E-state index in [0.29, 0.717) is 22.8 Å². The summed E-state index contributed by atoms with van der Waals surface area (Å²) in [5.74, 6) is -1.29. The first-order chi connectivity index (χ1) is 16.5. The van der Waals surface area contributed by atoms with Gasteiger partial charge in [-0.15, -0.1) is 0 Å². The minimum absolute atomic E-state index is 0.214. The van der Waals surface area contributed by atoms with Crippen molar-refractivity contribution >= 4 is 45.7 Å². The van der Waals surface area contributed by atoms with Crippen LogP contribution in [-0.2, 0) is 6.18 Å². The van der Waals surface area contributed by atoms with Crippen LogP contribution in [0, 0.1) is 6.92 Å². The molecule has 0 aliphatic carbocycles. The molecule has 0 aliphatic heterocycles. The van der Waals surface area contributed by atoms with Crippen LogP contribution in [0.4, 0.5) is 24.5 Å². The Kier molecular flexibility index (Phi) is 6.31. The van der Waals surface area contributed by atoms with Crippen molar-refractivity contribution in [1.29, 1.82) is 0 Å². The number of benzene rings is 3. The lowest BCUT2D eigenvalue weighted by atomic mass is 10.1. The molecule has 0 saturated heterocycles. The number of hydrogen-bond donors (Lipinski definition) is 3. The van der Waals surface area contributed by atoms with Crippen molar-refractivity contribution < 1.29 is 22.8 Å². The number of fused-ring (bicyclic) bond motifs is 1. The van der Waals surface area contributed by atoms with Crippen molar-refractivity contribution in [1.82, 2.24) is 9.97 Å². The van der Waals surface area contributed by atoms with E-state index in [-0.39, 0.29) is 27.8 Å². The zero-order valence-corrected chi connectivity index (χ0v) is 18.7. The highest BCUT2D eigenvalue weighted by Gasteiger charge is 2.33. The normalized spacial score (nSPS) is 11.3. The molecule has 0 spiro atoms. The monoisotopic (exact) mass is 500 g/mol. The highest BCUT2D eigenvalue weighted by molar-refractivity contribution is 6.31. The van der Waals surface area contributed by atoms with Crippen molar-refractivity contribution in [2.24, 2.45) is 0 Å². The van der Waals surface area contributed by atoms with Gasteiger partial charge in [-0.3, -0.25) is 14.4 Å². The molecular weight excluding hydrogens is 485 g/mol. The van der Waals surface area contributed by atoms with Gasteiger partial charge in [0.05, 0.1) is 27.8 Å². The van der Waals surface area contributed by atoms with Crippen LogP contribution in [0.25, 0.3) is 10.9 Å². The first-order valence-electron chi connectivity index (χ1n) is 10.1. The molecule has 0 radical (unpaired) electrons. The second-order valence-corrected chi connectivity index (χ2v) is 8.00. The number of nitrogens with one attached hydrogen (secondary N) is 3. The Balaban J connectivity index is 1.56. The van der Waals surface area contributed by atoms with E-state index in [9.17, 15) is 27.6 Å². The fourth-order valence-electron chi connectivity index (χ4n) is 3.33. The number of carbonyl (C=O) groups excluding carboxylic acids is 2. The van der Waals surface area contributed by atoms with Gasteiger partial charge in [0.25, 0.3) is 17.4 Å². The van der Waals surface area contributed by atoms with E-state index in [1.165, 1.54) is 30.6 Å². The third-order valence-corrected chi connectivity index (χ3v) is 5.51. The number of halogens is 4. The molecule has 0 bridgehead atoms. The van der Waals surface area contributed by atoms with Gasteiger partial charge in [-0.05, 0) is 61.0 Å². The van der Waals surface area contributed by atoms with Gasteiger partial charge in [-0.1, -0.05) is 17.7 Å². The molecule has 0 saturated carbocycles. The fourth-order valence-corrected chi connectivity index (χ4v) is 3.55. The van der Waals surface area contributed by atoms with Gasteiger partial charge in [0, 0.05) is 22.5 Å². The number of alkyl halides is 3. The Hall–Kier alpha value is -4.18. The van der Waals surface area contributed by atoms with Gasteiger partial charge in [0.1, 0.15) is 0 Å². The molecule has 4 aromatic rings. The van der Waals surface area contributed by atoms with E-state index >= 15 is 0 Å². The Morgan fingerprint density at radius 2 is 1.63 bits per heavy atom. The summed E-state index contributed by atoms with van der Waals surface area (Å²) in [5.41, 5.74) is 0.186. The van der Waals surface area contributed by atoms with Crippen LogP contribution < -0.4 is 16.2 Å². The molecule has 35 heavy (non-hydrogen) atoms. The lowest BCUT2D eigenvalue weighted by Crippen LogP contribution is -2.16. The highest BCUT2D eigenvalue weighted by Crippen LogP contribution is 2.35. The molecule has 4 rings (SSSR count). The van der Waals surface area contributed by atoms with Crippen LogP contribution in [0.15, 0.2) is 65.7 Å². The zero-order valence-electron chi connectivity index (χ0n) is 18.0. The maximum Gasteiger partial charge on any atom is 0.417 e. The van der Waals surface area contributed by atoms with Crippen molar-refractivity contribution in [3.05, 3.63) is 98.6 Å². The van der Waals surface area contributed by atoms with Crippen molar-refractivity contribution in [2.75, 3.05) is 10.6 Å². The fraction of sp³-hybridized carbons (Fsp3) is 0.0833. The summed E-state index contributed by atoms with van der Waals surface area (Å²) in [4.78, 5) is 43.8. The van der Waals surface area contributed by atoms with E-state index in [1.807, 2.05) is 0 Å². The molecular formula is C24H16ClF3N4O3. The van der Waals surface area contributed by atoms with Gasteiger partial charge in [-0.25, -0.2) is 4.98 Å². The molecule has 0 unspecified atom stereocenters. The first kappa shape index (κ1) is 24.0. The minimum Gasteiger partial charge on any atom is -0.322 e.